The maximum absolute atomic E-state index is 6.80. The average Bonchev–Trinajstić information content (AvgIpc) is 3.67. The van der Waals surface area contributed by atoms with Crippen molar-refractivity contribution in [1.82, 2.24) is 9.55 Å². The van der Waals surface area contributed by atoms with Crippen LogP contribution < -0.4 is 9.64 Å². The van der Waals surface area contributed by atoms with E-state index in [1.54, 1.807) is 0 Å². The molecule has 0 spiro atoms. The van der Waals surface area contributed by atoms with Crippen molar-refractivity contribution in [2.24, 2.45) is 4.99 Å². The third-order valence-corrected chi connectivity index (χ3v) is 12.8. The van der Waals surface area contributed by atoms with E-state index in [1.165, 1.54) is 50.0 Å². The predicted molar refractivity (Wildman–Crippen MR) is 240 cm³/mol. The van der Waals surface area contributed by atoms with Gasteiger partial charge in [0.1, 0.15) is 5.82 Å². The van der Waals surface area contributed by atoms with Crippen LogP contribution in [0.25, 0.3) is 27.6 Å². The number of rotatable bonds is 5. The Morgan fingerprint density at radius 3 is 2.08 bits per heavy atom. The van der Waals surface area contributed by atoms with Gasteiger partial charge in [-0.25, -0.2) is 4.98 Å². The molecule has 302 valence electrons. The van der Waals surface area contributed by atoms with Gasteiger partial charge in [-0.3, -0.25) is 0 Å². The van der Waals surface area contributed by atoms with Crippen LogP contribution in [0.1, 0.15) is 105 Å². The van der Waals surface area contributed by atoms with Crippen LogP contribution in [0.4, 0.5) is 5.69 Å². The molecule has 0 saturated heterocycles. The first-order chi connectivity index (χ1) is 27.4. The van der Waals surface area contributed by atoms with Gasteiger partial charge in [-0.05, 0) is 109 Å². The maximum Gasteiger partial charge on any atom is 2.00 e. The number of pyridine rings is 1. The fourth-order valence-electron chi connectivity index (χ4n) is 9.69. The van der Waals surface area contributed by atoms with E-state index in [9.17, 15) is 0 Å². The zero-order valence-electron chi connectivity index (χ0n) is 36.5. The van der Waals surface area contributed by atoms with Crippen molar-refractivity contribution in [2.45, 2.75) is 111 Å². The fourth-order valence-corrected chi connectivity index (χ4v) is 9.69. The number of hydrogen-bond acceptors (Lipinski definition) is 4. The van der Waals surface area contributed by atoms with Gasteiger partial charge >= 0.3 is 21.1 Å². The van der Waals surface area contributed by atoms with Gasteiger partial charge in [0, 0.05) is 28.9 Å². The van der Waals surface area contributed by atoms with Gasteiger partial charge in [0.15, 0.2) is 0 Å². The average molecular weight is 958 g/mol. The Bertz CT molecular complexity index is 2830. The minimum atomic E-state index is -0.403. The smallest absolute Gasteiger partial charge is 0.503 e. The van der Waals surface area contributed by atoms with Gasteiger partial charge in [-0.1, -0.05) is 120 Å². The number of ether oxygens (including phenoxy) is 1. The molecule has 0 saturated carbocycles. The van der Waals surface area contributed by atoms with Crippen molar-refractivity contribution < 1.29 is 25.8 Å². The molecule has 1 aliphatic heterocycles. The number of aliphatic imine (C=N–C) groups is 1. The quantitative estimate of drug-likeness (QED) is 0.161. The summed E-state index contributed by atoms with van der Waals surface area (Å²) >= 11 is 0. The summed E-state index contributed by atoms with van der Waals surface area (Å²) < 4.78 is 9.03. The van der Waals surface area contributed by atoms with E-state index in [-0.39, 0.29) is 37.4 Å². The molecule has 7 aromatic rings. The Kier molecular flexibility index (Phi) is 9.71. The number of aromatic nitrogens is 2. The molecule has 0 fully saturated rings. The number of hydrogen-bond donors (Lipinski definition) is 0. The van der Waals surface area contributed by atoms with E-state index in [1.807, 2.05) is 12.3 Å². The molecule has 1 aliphatic carbocycles. The van der Waals surface area contributed by atoms with Crippen molar-refractivity contribution in [1.29, 1.82) is 0 Å². The molecule has 2 aromatic heterocycles. The van der Waals surface area contributed by atoms with E-state index in [0.29, 0.717) is 11.5 Å². The Morgan fingerprint density at radius 2 is 1.37 bits per heavy atom. The maximum atomic E-state index is 6.80. The monoisotopic (exact) mass is 957 g/mol. The summed E-state index contributed by atoms with van der Waals surface area (Å²) in [6.07, 6.45) is 2.79. The van der Waals surface area contributed by atoms with Gasteiger partial charge in [-0.2, -0.15) is 6.07 Å². The van der Waals surface area contributed by atoms with Crippen LogP contribution in [0.5, 0.6) is 11.5 Å². The summed E-state index contributed by atoms with van der Waals surface area (Å²) in [5.41, 5.74) is 13.3. The molecule has 6 heteroatoms. The van der Waals surface area contributed by atoms with Gasteiger partial charge in [0.2, 0.25) is 0 Å². The van der Waals surface area contributed by atoms with Gasteiger partial charge < -0.3 is 19.2 Å². The summed E-state index contributed by atoms with van der Waals surface area (Å²) in [4.78, 5) is 13.1. The topological polar surface area (TPSA) is 42.6 Å². The van der Waals surface area contributed by atoms with Crippen LogP contribution in [-0.2, 0) is 43.9 Å². The molecule has 0 radical (unpaired) electrons. The number of aryl methyl sites for hydroxylation is 4. The van der Waals surface area contributed by atoms with E-state index < -0.39 is 5.54 Å². The fraction of sp³-hybridized carbons (Fsp3) is 0.321. The molecule has 5 nitrogen and oxygen atoms in total. The zero-order chi connectivity index (χ0) is 41.1. The molecule has 0 amide bonds. The van der Waals surface area contributed by atoms with E-state index >= 15 is 0 Å². The molecule has 0 bridgehead atoms. The molecular formula is C53H54N4OPt. The van der Waals surface area contributed by atoms with Crippen LogP contribution in [0.2, 0.25) is 0 Å². The summed E-state index contributed by atoms with van der Waals surface area (Å²) in [6.45, 7) is 27.0. The minimum absolute atomic E-state index is 0. The molecule has 0 N–H and O–H groups in total. The SMILES string of the molecule is Cc1cc(Oc2[c-]c3c(cc2)c2cc(C(C)(C)C)ccc2n3-c2cc(C(C)(C)C)ccn2)[c-]c(C2=N[C@]3(C)Cc4ccccc4[C@]3(C)N2c2c(C)cc(C)cc2C)c1.[Pt+2]. The summed E-state index contributed by atoms with van der Waals surface area (Å²) in [7, 11) is 0. The standard InChI is InChI=1S/C53H54N4O.Pt/c1-32-23-34(3)48(35(4)24-32)57-49(55-52(11)31-36-15-13-14-16-44(36)53(52,57)12)37-25-33(2)26-41(27-37)58-40-18-19-42-43-28-38(50(5,6)7)17-20-45(43)56(46(42)30-40)47-29-39(21-22-54-47)51(8,9)10;/h13-26,28-29H,31H2,1-12H3;/q-2;+2/t52-,53+;/m1./s1. The molecule has 59 heavy (non-hydrogen) atoms. The minimum Gasteiger partial charge on any atom is -0.503 e. The Hall–Kier alpha value is -4.99. The zero-order valence-corrected chi connectivity index (χ0v) is 38.7. The number of nitrogens with zero attached hydrogens (tertiary/aromatic N) is 4. The van der Waals surface area contributed by atoms with Gasteiger partial charge in [-0.15, -0.1) is 34.7 Å². The summed E-state index contributed by atoms with van der Waals surface area (Å²) in [6, 6.07) is 40.5. The molecular weight excluding hydrogens is 904 g/mol. The van der Waals surface area contributed by atoms with Crippen LogP contribution in [0.15, 0.2) is 102 Å². The Morgan fingerprint density at radius 1 is 0.695 bits per heavy atom. The predicted octanol–water partition coefficient (Wildman–Crippen LogP) is 12.9. The van der Waals surface area contributed by atoms with Gasteiger partial charge in [0.25, 0.3) is 0 Å². The van der Waals surface area contributed by atoms with Crippen LogP contribution in [-0.4, -0.2) is 20.9 Å². The summed E-state index contributed by atoms with van der Waals surface area (Å²) in [5.74, 6) is 3.03. The molecule has 3 heterocycles. The third-order valence-electron chi connectivity index (χ3n) is 12.8. The van der Waals surface area contributed by atoms with E-state index in [2.05, 4.69) is 190 Å². The van der Waals surface area contributed by atoms with Crippen LogP contribution >= 0.6 is 0 Å². The van der Waals surface area contributed by atoms with Gasteiger partial charge in [0.05, 0.1) is 16.9 Å². The first kappa shape index (κ1) is 40.8. The van der Waals surface area contributed by atoms with Crippen LogP contribution in [0.3, 0.4) is 0 Å². The normalized spacial score (nSPS) is 18.8. The van der Waals surface area contributed by atoms with E-state index in [0.717, 1.165) is 45.6 Å². The Labute approximate surface area is 364 Å². The number of benzene rings is 5. The Balaban J connectivity index is 0.00000484. The van der Waals surface area contributed by atoms with Crippen molar-refractivity contribution in [3.8, 4) is 17.3 Å². The third kappa shape index (κ3) is 6.56. The first-order valence-electron chi connectivity index (χ1n) is 20.6. The number of fused-ring (bicyclic) bond motifs is 6. The summed E-state index contributed by atoms with van der Waals surface area (Å²) in [5, 5.41) is 2.28. The molecule has 2 aliphatic rings. The molecule has 5 aromatic carbocycles. The van der Waals surface area contributed by atoms with Crippen LogP contribution in [0, 0.1) is 39.8 Å². The van der Waals surface area contributed by atoms with E-state index in [4.69, 9.17) is 14.7 Å². The molecule has 9 rings (SSSR count). The second-order valence-corrected chi connectivity index (χ2v) is 19.3. The second-order valence-electron chi connectivity index (χ2n) is 19.3. The second kappa shape index (κ2) is 14.1. The van der Waals surface area contributed by atoms with Crippen molar-refractivity contribution in [3.63, 3.8) is 0 Å². The molecule has 0 unspecified atom stereocenters. The van der Waals surface area contributed by atoms with Crippen molar-refractivity contribution >= 4 is 33.3 Å². The first-order valence-corrected chi connectivity index (χ1v) is 20.6. The largest absolute Gasteiger partial charge is 2.00 e. The number of amidine groups is 1. The van der Waals surface area contributed by atoms with Crippen molar-refractivity contribution in [3.05, 3.63) is 159 Å². The number of anilines is 1. The molecule has 2 atom stereocenters. The van der Waals surface area contributed by atoms with Crippen molar-refractivity contribution in [2.75, 3.05) is 4.90 Å².